The van der Waals surface area contributed by atoms with Crippen LogP contribution in [0.25, 0.3) is 22.0 Å². The molecule has 0 aliphatic carbocycles. The van der Waals surface area contributed by atoms with Gasteiger partial charge in [-0.15, -0.1) is 4.57 Å². The molecule has 0 bridgehead atoms. The molecule has 1 aromatic heterocycles. The van der Waals surface area contributed by atoms with Gasteiger partial charge in [0.05, 0.1) is 10.9 Å². The van der Waals surface area contributed by atoms with Crippen LogP contribution in [-0.2, 0) is 0 Å². The van der Waals surface area contributed by atoms with Gasteiger partial charge in [0.15, 0.2) is 6.20 Å². The van der Waals surface area contributed by atoms with Gasteiger partial charge in [0.1, 0.15) is 5.82 Å². The van der Waals surface area contributed by atoms with Crippen molar-refractivity contribution in [1.29, 1.82) is 0 Å². The molecule has 120 valence electrons. The number of pyridine rings is 1. The van der Waals surface area contributed by atoms with Crippen LogP contribution in [0.15, 0.2) is 91.1 Å². The summed E-state index contributed by atoms with van der Waals surface area (Å²) in [5, 5.41) is 0.992. The van der Waals surface area contributed by atoms with Crippen LogP contribution >= 0.6 is 0 Å². The lowest BCUT2D eigenvalue weighted by atomic mass is 10.0. The minimum Gasteiger partial charge on any atom is -0.214 e. The summed E-state index contributed by atoms with van der Waals surface area (Å²) in [6.07, 6.45) is 1.77. The summed E-state index contributed by atoms with van der Waals surface area (Å²) in [5.41, 5.74) is 3.43. The third-order valence-corrected chi connectivity index (χ3v) is 4.24. The van der Waals surface area contributed by atoms with Crippen LogP contribution in [0.5, 0.6) is 0 Å². The Kier molecular flexibility index (Phi) is 3.82. The van der Waals surface area contributed by atoms with E-state index < -0.39 is 0 Å². The number of fused-ring (bicyclic) bond motifs is 1. The third kappa shape index (κ3) is 2.81. The van der Waals surface area contributed by atoms with Crippen molar-refractivity contribution in [1.82, 2.24) is 0 Å². The second-order valence-corrected chi connectivity index (χ2v) is 5.79. The molecule has 0 radical (unpaired) electrons. The molecular weight excluding hydrogens is 313 g/mol. The molecule has 0 atom stereocenters. The van der Waals surface area contributed by atoms with Crippen LogP contribution < -0.4 is 4.57 Å². The zero-order valence-corrected chi connectivity index (χ0v) is 13.4. The minimum absolute atomic E-state index is 0.184. The normalized spacial score (nSPS) is 10.8. The summed E-state index contributed by atoms with van der Waals surface area (Å²) in [6, 6.07) is 25.4. The van der Waals surface area contributed by atoms with Crippen LogP contribution in [0, 0.1) is 5.82 Å². The van der Waals surface area contributed by atoms with E-state index in [9.17, 15) is 9.18 Å². The maximum Gasteiger partial charge on any atom is 0.425 e. The number of benzene rings is 3. The Balaban J connectivity index is 1.89. The Morgan fingerprint density at radius 1 is 0.760 bits per heavy atom. The van der Waals surface area contributed by atoms with E-state index in [1.807, 2.05) is 60.7 Å². The van der Waals surface area contributed by atoms with Crippen LogP contribution in [0.3, 0.4) is 0 Å². The van der Waals surface area contributed by atoms with E-state index in [0.717, 1.165) is 22.0 Å². The molecule has 3 heteroatoms. The molecular formula is C22H15FNO+. The molecule has 2 nitrogen and oxygen atoms in total. The van der Waals surface area contributed by atoms with Gasteiger partial charge in [-0.3, -0.25) is 0 Å². The van der Waals surface area contributed by atoms with Crippen molar-refractivity contribution in [3.63, 3.8) is 0 Å². The second kappa shape index (κ2) is 6.29. The highest BCUT2D eigenvalue weighted by Gasteiger charge is 2.22. The average molecular weight is 328 g/mol. The van der Waals surface area contributed by atoms with Gasteiger partial charge in [-0.1, -0.05) is 42.5 Å². The number of hydrogen-bond donors (Lipinski definition) is 0. The smallest absolute Gasteiger partial charge is 0.214 e. The van der Waals surface area contributed by atoms with Crippen LogP contribution in [-0.4, -0.2) is 5.91 Å². The predicted octanol–water partition coefficient (Wildman–Crippen LogP) is 4.62. The number of para-hydroxylation sites is 1. The summed E-state index contributed by atoms with van der Waals surface area (Å²) >= 11 is 0. The summed E-state index contributed by atoms with van der Waals surface area (Å²) in [7, 11) is 0. The lowest BCUT2D eigenvalue weighted by molar-refractivity contribution is -0.542. The van der Waals surface area contributed by atoms with E-state index in [2.05, 4.69) is 0 Å². The second-order valence-electron chi connectivity index (χ2n) is 5.79. The van der Waals surface area contributed by atoms with E-state index >= 15 is 0 Å². The minimum atomic E-state index is -0.356. The molecule has 4 aromatic rings. The summed E-state index contributed by atoms with van der Waals surface area (Å²) < 4.78 is 14.7. The molecule has 25 heavy (non-hydrogen) atoms. The Hall–Kier alpha value is -3.33. The Morgan fingerprint density at radius 3 is 2.20 bits per heavy atom. The molecule has 0 spiro atoms. The highest BCUT2D eigenvalue weighted by molar-refractivity contribution is 5.96. The van der Waals surface area contributed by atoms with Crippen molar-refractivity contribution < 1.29 is 13.8 Å². The zero-order chi connectivity index (χ0) is 17.2. The first-order valence-corrected chi connectivity index (χ1v) is 8.03. The van der Waals surface area contributed by atoms with Crippen molar-refractivity contribution >= 4 is 16.8 Å². The van der Waals surface area contributed by atoms with Crippen molar-refractivity contribution in [2.45, 2.75) is 0 Å². The SMILES string of the molecule is O=C(c1ccc(F)cc1)[n+]1ccc(-c2ccccc2)c2ccccc21. The molecule has 0 unspecified atom stereocenters. The molecule has 0 saturated heterocycles. The largest absolute Gasteiger partial charge is 0.425 e. The fraction of sp³-hybridized carbons (Fsp3) is 0. The van der Waals surface area contributed by atoms with E-state index in [1.54, 1.807) is 10.8 Å². The van der Waals surface area contributed by atoms with Gasteiger partial charge < -0.3 is 0 Å². The average Bonchev–Trinajstić information content (AvgIpc) is 2.68. The van der Waals surface area contributed by atoms with Gasteiger partial charge in [-0.05, 0) is 35.9 Å². The maximum absolute atomic E-state index is 13.1. The van der Waals surface area contributed by atoms with Gasteiger partial charge in [0, 0.05) is 17.7 Å². The highest BCUT2D eigenvalue weighted by atomic mass is 19.1. The number of rotatable bonds is 2. The third-order valence-electron chi connectivity index (χ3n) is 4.24. The first-order valence-electron chi connectivity index (χ1n) is 8.03. The number of carbonyl (C=O) groups excluding carboxylic acids is 1. The van der Waals surface area contributed by atoms with E-state index in [4.69, 9.17) is 0 Å². The highest BCUT2D eigenvalue weighted by Crippen LogP contribution is 2.26. The topological polar surface area (TPSA) is 20.9 Å². The Morgan fingerprint density at radius 2 is 1.44 bits per heavy atom. The Bertz CT molecular complexity index is 1060. The van der Waals surface area contributed by atoms with Gasteiger partial charge in [0.25, 0.3) is 0 Å². The fourth-order valence-corrected chi connectivity index (χ4v) is 3.01. The van der Waals surface area contributed by atoms with Gasteiger partial charge in [-0.25, -0.2) is 9.18 Å². The Labute approximate surface area is 144 Å². The molecule has 4 rings (SSSR count). The molecule has 0 aliphatic rings. The molecule has 1 heterocycles. The predicted molar refractivity (Wildman–Crippen MR) is 95.7 cm³/mol. The van der Waals surface area contributed by atoms with E-state index in [1.165, 1.54) is 24.3 Å². The summed E-state index contributed by atoms with van der Waals surface area (Å²) in [5.74, 6) is -0.540. The van der Waals surface area contributed by atoms with Crippen LogP contribution in [0.1, 0.15) is 10.4 Å². The number of nitrogens with zero attached hydrogens (tertiary/aromatic N) is 1. The van der Waals surface area contributed by atoms with Gasteiger partial charge in [0.2, 0.25) is 5.52 Å². The first kappa shape index (κ1) is 15.2. The molecule has 0 saturated carbocycles. The zero-order valence-electron chi connectivity index (χ0n) is 13.4. The standard InChI is InChI=1S/C22H15FNO/c23-18-12-10-17(11-13-18)22(25)24-15-14-19(16-6-2-1-3-7-16)20-8-4-5-9-21(20)24/h1-15H/q+1. The van der Waals surface area contributed by atoms with Gasteiger partial charge in [-0.2, -0.15) is 0 Å². The lowest BCUT2D eigenvalue weighted by Crippen LogP contribution is -2.43. The lowest BCUT2D eigenvalue weighted by Gasteiger charge is -2.06. The number of aromatic nitrogens is 1. The summed E-state index contributed by atoms with van der Waals surface area (Å²) in [6.45, 7) is 0. The van der Waals surface area contributed by atoms with Crippen molar-refractivity contribution in [3.8, 4) is 11.1 Å². The van der Waals surface area contributed by atoms with Gasteiger partial charge >= 0.3 is 5.91 Å². The maximum atomic E-state index is 13.1. The monoisotopic (exact) mass is 328 g/mol. The van der Waals surface area contributed by atoms with E-state index in [0.29, 0.717) is 5.56 Å². The molecule has 0 fully saturated rings. The van der Waals surface area contributed by atoms with Crippen molar-refractivity contribution in [2.75, 3.05) is 0 Å². The van der Waals surface area contributed by atoms with Crippen LogP contribution in [0.2, 0.25) is 0 Å². The van der Waals surface area contributed by atoms with Crippen molar-refractivity contribution in [3.05, 3.63) is 103 Å². The molecule has 3 aromatic carbocycles. The fourth-order valence-electron chi connectivity index (χ4n) is 3.01. The summed E-state index contributed by atoms with van der Waals surface area (Å²) in [4.78, 5) is 12.9. The number of hydrogen-bond acceptors (Lipinski definition) is 1. The quantitative estimate of drug-likeness (QED) is 0.492. The molecule has 0 aliphatic heterocycles. The first-order chi connectivity index (χ1) is 12.2. The molecule has 0 amide bonds. The van der Waals surface area contributed by atoms with E-state index in [-0.39, 0.29) is 11.7 Å². The molecule has 0 N–H and O–H groups in total. The number of halogens is 1. The van der Waals surface area contributed by atoms with Crippen molar-refractivity contribution in [2.24, 2.45) is 0 Å². The number of carbonyl (C=O) groups is 1. The van der Waals surface area contributed by atoms with Crippen LogP contribution in [0.4, 0.5) is 4.39 Å².